The van der Waals surface area contributed by atoms with Crippen LogP contribution in [0.3, 0.4) is 0 Å². The van der Waals surface area contributed by atoms with Crippen LogP contribution in [0.2, 0.25) is 0 Å². The topological polar surface area (TPSA) is 59.7 Å². The van der Waals surface area contributed by atoms with E-state index in [1.807, 2.05) is 23.9 Å². The summed E-state index contributed by atoms with van der Waals surface area (Å²) in [6.07, 6.45) is 3.00. The number of pyridine rings is 1. The first-order valence-corrected chi connectivity index (χ1v) is 8.93. The molecule has 0 saturated heterocycles. The van der Waals surface area contributed by atoms with Crippen molar-refractivity contribution < 1.29 is 47.6 Å². The maximum Gasteiger partial charge on any atom is 0.424 e. The maximum absolute atomic E-state index is 12.7. The molecule has 0 aromatic carbocycles. The number of amides is 2. The third-order valence-corrected chi connectivity index (χ3v) is 3.09. The van der Waals surface area contributed by atoms with E-state index in [2.05, 4.69) is 13.8 Å². The van der Waals surface area contributed by atoms with Crippen LogP contribution in [0.4, 0.5) is 15.3 Å². The number of anilines is 1. The Balaban J connectivity index is 0.00000676. The zero-order valence-corrected chi connectivity index (χ0v) is 20.1. The highest BCUT2D eigenvalue weighted by molar-refractivity contribution is 6.09. The molecule has 6 nitrogen and oxygen atoms in total. The van der Waals surface area contributed by atoms with Crippen LogP contribution in [-0.2, 0) is 22.9 Å². The Morgan fingerprint density at radius 1 is 1.00 bits per heavy atom. The van der Waals surface area contributed by atoms with Gasteiger partial charge in [-0.1, -0.05) is 13.8 Å². The zero-order valence-electron chi connectivity index (χ0n) is 17.9. The number of aromatic nitrogens is 1. The van der Waals surface area contributed by atoms with E-state index in [1.165, 1.54) is 0 Å². The summed E-state index contributed by atoms with van der Waals surface area (Å²) in [6, 6.07) is 1.83. The van der Waals surface area contributed by atoms with Gasteiger partial charge in [-0.25, -0.2) is 14.2 Å². The smallest absolute Gasteiger partial charge is 0.424 e. The molecule has 7 heteroatoms. The van der Waals surface area contributed by atoms with Gasteiger partial charge < -0.3 is 33.5 Å². The molecule has 1 rings (SSSR count). The van der Waals surface area contributed by atoms with Crippen molar-refractivity contribution in [1.29, 1.82) is 0 Å². The summed E-state index contributed by atoms with van der Waals surface area (Å²) in [5.74, 6) is 0.446. The number of ether oxygens (including phenoxy) is 2. The molecular weight excluding hydrogens is 459 g/mol. The summed E-state index contributed by atoms with van der Waals surface area (Å²) in [6.45, 7) is 14.8. The molecule has 0 aliphatic heterocycles. The highest BCUT2D eigenvalue weighted by Crippen LogP contribution is 2.22. The fraction of sp³-hybridized carbons (Fsp3) is 0.650. The Labute approximate surface area is 180 Å². The third kappa shape index (κ3) is 9.39. The Hall–Kier alpha value is -1.38. The number of imide groups is 1. The fourth-order valence-corrected chi connectivity index (χ4v) is 2.38. The Bertz CT molecular complexity index is 633. The van der Waals surface area contributed by atoms with Crippen molar-refractivity contribution in [1.82, 2.24) is 0 Å². The Morgan fingerprint density at radius 3 is 1.81 bits per heavy atom. The van der Waals surface area contributed by atoms with Crippen LogP contribution < -0.4 is 33.4 Å². The lowest BCUT2D eigenvalue weighted by molar-refractivity contribution is -0.671. The summed E-state index contributed by atoms with van der Waals surface area (Å²) in [5.41, 5.74) is -0.00397. The number of rotatable bonds is 3. The molecule has 1 aromatic heterocycles. The van der Waals surface area contributed by atoms with Gasteiger partial charge in [0.25, 0.3) is 0 Å². The van der Waals surface area contributed by atoms with Crippen molar-refractivity contribution in [3.05, 3.63) is 24.0 Å². The summed E-state index contributed by atoms with van der Waals surface area (Å²) < 4.78 is 12.7. The third-order valence-electron chi connectivity index (χ3n) is 3.09. The number of carbonyl (C=O) groups is 2. The van der Waals surface area contributed by atoms with Crippen molar-refractivity contribution in [2.45, 2.75) is 73.0 Å². The molecular formula is C20H33IN2O4. The van der Waals surface area contributed by atoms with Crippen molar-refractivity contribution in [3.8, 4) is 0 Å². The van der Waals surface area contributed by atoms with E-state index in [4.69, 9.17) is 9.47 Å². The van der Waals surface area contributed by atoms with Gasteiger partial charge >= 0.3 is 12.2 Å². The Morgan fingerprint density at radius 2 is 1.44 bits per heavy atom. The summed E-state index contributed by atoms with van der Waals surface area (Å²) >= 11 is 0. The van der Waals surface area contributed by atoms with Gasteiger partial charge in [0.05, 0.1) is 0 Å². The van der Waals surface area contributed by atoms with Gasteiger partial charge in [0.1, 0.15) is 23.9 Å². The molecule has 27 heavy (non-hydrogen) atoms. The summed E-state index contributed by atoms with van der Waals surface area (Å²) in [4.78, 5) is 26.4. The highest BCUT2D eigenvalue weighted by atomic mass is 127. The molecule has 0 N–H and O–H groups in total. The van der Waals surface area contributed by atoms with E-state index in [-0.39, 0.29) is 24.0 Å². The van der Waals surface area contributed by atoms with Gasteiger partial charge in [0.2, 0.25) is 0 Å². The predicted molar refractivity (Wildman–Crippen MR) is 101 cm³/mol. The van der Waals surface area contributed by atoms with Crippen molar-refractivity contribution in [3.63, 3.8) is 0 Å². The average molecular weight is 492 g/mol. The molecule has 0 aliphatic carbocycles. The number of aryl methyl sites for hydroxylation is 1. The van der Waals surface area contributed by atoms with Crippen LogP contribution in [0, 0.1) is 5.92 Å². The number of carbonyl (C=O) groups excluding carboxylic acids is 2. The van der Waals surface area contributed by atoms with Gasteiger partial charge in [0, 0.05) is 5.56 Å². The molecule has 154 valence electrons. The summed E-state index contributed by atoms with van der Waals surface area (Å²) in [7, 11) is 1.86. The van der Waals surface area contributed by atoms with Crippen LogP contribution in [0.25, 0.3) is 0 Å². The van der Waals surface area contributed by atoms with Crippen molar-refractivity contribution in [2.75, 3.05) is 4.90 Å². The standard InChI is InChI=1S/C20H33N2O4.HI/c1-14(2)10-15-11-16(13-21(9)12-15)22(17(23)25-19(3,4)5)18(24)26-20(6,7)8;/h11-14H,10H2,1-9H3;1H/q+1;/p-1. The second-order valence-electron chi connectivity index (χ2n) is 8.96. The molecule has 1 aromatic rings. The molecule has 0 aliphatic rings. The molecule has 2 amide bonds. The normalized spacial score (nSPS) is 11.6. The fourth-order valence-electron chi connectivity index (χ4n) is 2.38. The van der Waals surface area contributed by atoms with E-state index in [9.17, 15) is 9.59 Å². The van der Waals surface area contributed by atoms with Crippen LogP contribution in [-0.4, -0.2) is 23.4 Å². The van der Waals surface area contributed by atoms with E-state index in [0.717, 1.165) is 16.9 Å². The van der Waals surface area contributed by atoms with Gasteiger partial charge in [-0.3, -0.25) is 0 Å². The zero-order chi connectivity index (χ0) is 20.3. The quantitative estimate of drug-likeness (QED) is 0.473. The van der Waals surface area contributed by atoms with Crippen LogP contribution in [0.1, 0.15) is 61.0 Å². The van der Waals surface area contributed by atoms with E-state index < -0.39 is 23.4 Å². The highest BCUT2D eigenvalue weighted by Gasteiger charge is 2.34. The van der Waals surface area contributed by atoms with Gasteiger partial charge in [-0.2, -0.15) is 4.90 Å². The van der Waals surface area contributed by atoms with Gasteiger partial charge in [-0.05, 0) is 59.9 Å². The first kappa shape index (κ1) is 25.6. The lowest BCUT2D eigenvalue weighted by Crippen LogP contribution is -3.00. The predicted octanol–water partition coefficient (Wildman–Crippen LogP) is 1.39. The molecule has 0 radical (unpaired) electrons. The van der Waals surface area contributed by atoms with Crippen molar-refractivity contribution in [2.24, 2.45) is 13.0 Å². The van der Waals surface area contributed by atoms with E-state index in [1.54, 1.807) is 47.7 Å². The van der Waals surface area contributed by atoms with E-state index in [0.29, 0.717) is 11.6 Å². The maximum atomic E-state index is 12.7. The second-order valence-corrected chi connectivity index (χ2v) is 8.96. The number of nitrogens with zero attached hydrogens (tertiary/aromatic N) is 2. The number of hydrogen-bond acceptors (Lipinski definition) is 4. The van der Waals surface area contributed by atoms with E-state index >= 15 is 0 Å². The first-order valence-electron chi connectivity index (χ1n) is 8.93. The van der Waals surface area contributed by atoms with Gasteiger partial charge in [0.15, 0.2) is 12.4 Å². The van der Waals surface area contributed by atoms with Crippen LogP contribution >= 0.6 is 0 Å². The molecule has 0 atom stereocenters. The summed E-state index contributed by atoms with van der Waals surface area (Å²) in [5, 5.41) is 0. The minimum Gasteiger partial charge on any atom is -1.00 e. The molecule has 0 fully saturated rings. The first-order chi connectivity index (χ1) is 11.7. The molecule has 0 saturated carbocycles. The minimum atomic E-state index is -0.756. The lowest BCUT2D eigenvalue weighted by atomic mass is 10.0. The molecule has 0 bridgehead atoms. The largest absolute Gasteiger partial charge is 1.00 e. The van der Waals surface area contributed by atoms with Crippen molar-refractivity contribution >= 4 is 17.9 Å². The molecule has 1 heterocycles. The van der Waals surface area contributed by atoms with Gasteiger partial charge in [-0.15, -0.1) is 0 Å². The molecule has 0 spiro atoms. The minimum absolute atomic E-state index is 0. The van der Waals surface area contributed by atoms with Crippen LogP contribution in [0.5, 0.6) is 0 Å². The molecule has 0 unspecified atom stereocenters. The SMILES string of the molecule is CC(C)Cc1cc(N(C(=O)OC(C)(C)C)C(=O)OC(C)(C)C)c[n+](C)c1.[I-]. The lowest BCUT2D eigenvalue weighted by Gasteiger charge is -2.28. The monoisotopic (exact) mass is 492 g/mol. The average Bonchev–Trinajstić information content (AvgIpc) is 2.31. The Kier molecular flexibility index (Phi) is 9.21. The second kappa shape index (κ2) is 9.71. The van der Waals surface area contributed by atoms with Crippen LogP contribution in [0.15, 0.2) is 18.5 Å². The number of halogens is 1. The number of hydrogen-bond donors (Lipinski definition) is 0.